The quantitative estimate of drug-likeness (QED) is 0.906. The van der Waals surface area contributed by atoms with Crippen molar-refractivity contribution < 1.29 is 0 Å². The molecule has 17 heavy (non-hydrogen) atoms. The van der Waals surface area contributed by atoms with Crippen molar-refractivity contribution in [2.75, 3.05) is 17.2 Å². The maximum atomic E-state index is 5.78. The molecular formula is C12H18N4S. The van der Waals surface area contributed by atoms with Crippen molar-refractivity contribution in [2.45, 2.75) is 33.2 Å². The number of rotatable bonds is 4. The van der Waals surface area contributed by atoms with E-state index in [0.717, 1.165) is 29.0 Å². The summed E-state index contributed by atoms with van der Waals surface area (Å²) in [5, 5.41) is 3.14. The van der Waals surface area contributed by atoms with Crippen LogP contribution in [0.15, 0.2) is 11.4 Å². The molecule has 0 saturated carbocycles. The predicted octanol–water partition coefficient (Wildman–Crippen LogP) is 2.90. The molecule has 2 heterocycles. The number of aromatic nitrogens is 2. The second-order valence-corrected chi connectivity index (χ2v) is 4.98. The van der Waals surface area contributed by atoms with Gasteiger partial charge in [-0.2, -0.15) is 4.98 Å². The Bertz CT molecular complexity index is 508. The Hall–Kier alpha value is -1.36. The lowest BCUT2D eigenvalue weighted by molar-refractivity contribution is 0.625. The van der Waals surface area contributed by atoms with Gasteiger partial charge in [0.2, 0.25) is 5.95 Å². The maximum Gasteiger partial charge on any atom is 0.223 e. The van der Waals surface area contributed by atoms with Crippen molar-refractivity contribution in [3.63, 3.8) is 0 Å². The van der Waals surface area contributed by atoms with Crippen molar-refractivity contribution in [3.05, 3.63) is 11.4 Å². The van der Waals surface area contributed by atoms with Gasteiger partial charge in [0.15, 0.2) is 0 Å². The van der Waals surface area contributed by atoms with Gasteiger partial charge in [0.05, 0.1) is 5.39 Å². The Morgan fingerprint density at radius 3 is 2.82 bits per heavy atom. The summed E-state index contributed by atoms with van der Waals surface area (Å²) in [5.74, 6) is 1.32. The van der Waals surface area contributed by atoms with Gasteiger partial charge in [-0.1, -0.05) is 6.92 Å². The number of hydrogen-bond donors (Lipinski definition) is 1. The van der Waals surface area contributed by atoms with E-state index in [-0.39, 0.29) is 0 Å². The molecule has 0 amide bonds. The van der Waals surface area contributed by atoms with Gasteiger partial charge in [0.1, 0.15) is 10.6 Å². The summed E-state index contributed by atoms with van der Waals surface area (Å²) >= 11 is 1.61. The molecule has 0 fully saturated rings. The molecule has 2 aromatic rings. The van der Waals surface area contributed by atoms with Crippen LogP contribution in [0.3, 0.4) is 0 Å². The molecule has 0 aromatic carbocycles. The Morgan fingerprint density at radius 2 is 2.18 bits per heavy atom. The monoisotopic (exact) mass is 250 g/mol. The third-order valence-electron chi connectivity index (χ3n) is 3.06. The fraction of sp³-hybridized carbons (Fsp3) is 0.500. The summed E-state index contributed by atoms with van der Waals surface area (Å²) in [6.45, 7) is 7.46. The molecule has 2 N–H and O–H groups in total. The minimum Gasteiger partial charge on any atom is -0.368 e. The van der Waals surface area contributed by atoms with E-state index in [4.69, 9.17) is 5.73 Å². The van der Waals surface area contributed by atoms with Gasteiger partial charge in [-0.25, -0.2) is 4.98 Å². The molecule has 0 aliphatic rings. The molecule has 0 spiro atoms. The molecule has 4 nitrogen and oxygen atoms in total. The van der Waals surface area contributed by atoms with E-state index in [1.807, 2.05) is 5.38 Å². The minimum atomic E-state index is 0.358. The maximum absolute atomic E-state index is 5.78. The second kappa shape index (κ2) is 4.87. The molecule has 0 saturated heterocycles. The first-order valence-corrected chi connectivity index (χ1v) is 6.82. The minimum absolute atomic E-state index is 0.358. The lowest BCUT2D eigenvalue weighted by atomic mass is 10.2. The highest BCUT2D eigenvalue weighted by Crippen LogP contribution is 2.29. The number of nitrogens with two attached hydrogens (primary N) is 1. The molecule has 0 radical (unpaired) electrons. The lowest BCUT2D eigenvalue weighted by Gasteiger charge is -2.28. The molecule has 0 bridgehead atoms. The molecule has 0 aliphatic heterocycles. The number of anilines is 2. The second-order valence-electron chi connectivity index (χ2n) is 4.09. The molecule has 1 unspecified atom stereocenters. The van der Waals surface area contributed by atoms with Crippen LogP contribution < -0.4 is 10.6 Å². The zero-order valence-corrected chi connectivity index (χ0v) is 11.3. The summed E-state index contributed by atoms with van der Waals surface area (Å²) < 4.78 is 0. The summed E-state index contributed by atoms with van der Waals surface area (Å²) in [6.07, 6.45) is 1.09. The van der Waals surface area contributed by atoms with Crippen molar-refractivity contribution in [1.82, 2.24) is 9.97 Å². The highest BCUT2D eigenvalue weighted by molar-refractivity contribution is 7.16. The summed E-state index contributed by atoms with van der Waals surface area (Å²) in [4.78, 5) is 11.9. The molecule has 2 rings (SSSR count). The third kappa shape index (κ3) is 2.20. The number of fused-ring (bicyclic) bond motifs is 1. The van der Waals surface area contributed by atoms with Gasteiger partial charge in [0.25, 0.3) is 0 Å². The molecule has 5 heteroatoms. The standard InChI is InChI=1S/C12H18N4S/c1-4-8(3)16(5-2)10-9-6-7-17-11(9)15-12(13)14-10/h6-8H,4-5H2,1-3H3,(H2,13,14,15). The van der Waals surface area contributed by atoms with Gasteiger partial charge < -0.3 is 10.6 Å². The van der Waals surface area contributed by atoms with Crippen LogP contribution in [0.4, 0.5) is 11.8 Å². The fourth-order valence-electron chi connectivity index (χ4n) is 1.97. The summed E-state index contributed by atoms with van der Waals surface area (Å²) in [6, 6.07) is 2.53. The van der Waals surface area contributed by atoms with E-state index in [1.54, 1.807) is 11.3 Å². The van der Waals surface area contributed by atoms with E-state index in [2.05, 4.69) is 41.7 Å². The topological polar surface area (TPSA) is 55.0 Å². The normalized spacial score (nSPS) is 12.9. The lowest BCUT2D eigenvalue weighted by Crippen LogP contribution is -2.33. The highest BCUT2D eigenvalue weighted by atomic mass is 32.1. The molecule has 0 aliphatic carbocycles. The van der Waals surface area contributed by atoms with Gasteiger partial charge in [0, 0.05) is 12.6 Å². The average molecular weight is 250 g/mol. The Morgan fingerprint density at radius 1 is 1.41 bits per heavy atom. The first kappa shape index (κ1) is 12.1. The molecule has 1 atom stereocenters. The van der Waals surface area contributed by atoms with Crippen molar-refractivity contribution in [2.24, 2.45) is 0 Å². The SMILES string of the molecule is CCC(C)N(CC)c1nc(N)nc2sccc12. The largest absolute Gasteiger partial charge is 0.368 e. The van der Waals surface area contributed by atoms with Crippen molar-refractivity contribution in [1.29, 1.82) is 0 Å². The van der Waals surface area contributed by atoms with Gasteiger partial charge in [-0.3, -0.25) is 0 Å². The van der Waals surface area contributed by atoms with Gasteiger partial charge >= 0.3 is 0 Å². The predicted molar refractivity (Wildman–Crippen MR) is 74.6 cm³/mol. The first-order valence-electron chi connectivity index (χ1n) is 5.94. The van der Waals surface area contributed by atoms with Crippen LogP contribution in [0.2, 0.25) is 0 Å². The molecule has 92 valence electrons. The molecule has 2 aromatic heterocycles. The zero-order chi connectivity index (χ0) is 12.4. The van der Waals surface area contributed by atoms with E-state index in [1.165, 1.54) is 0 Å². The van der Waals surface area contributed by atoms with Crippen LogP contribution in [0.25, 0.3) is 10.2 Å². The fourth-order valence-corrected chi connectivity index (χ4v) is 2.73. The number of hydrogen-bond acceptors (Lipinski definition) is 5. The average Bonchev–Trinajstić information content (AvgIpc) is 2.77. The van der Waals surface area contributed by atoms with Crippen LogP contribution in [0.1, 0.15) is 27.2 Å². The first-order chi connectivity index (χ1) is 8.17. The summed E-state index contributed by atoms with van der Waals surface area (Å²) in [5.41, 5.74) is 5.78. The Labute approximate surface area is 105 Å². The molecular weight excluding hydrogens is 232 g/mol. The number of thiophene rings is 1. The van der Waals surface area contributed by atoms with Crippen molar-refractivity contribution >= 4 is 33.3 Å². The van der Waals surface area contributed by atoms with E-state index in [9.17, 15) is 0 Å². The third-order valence-corrected chi connectivity index (χ3v) is 3.86. The number of nitrogen functional groups attached to an aromatic ring is 1. The Balaban J connectivity index is 2.55. The Kier molecular flexibility index (Phi) is 3.47. The smallest absolute Gasteiger partial charge is 0.223 e. The van der Waals surface area contributed by atoms with Crippen LogP contribution in [-0.2, 0) is 0 Å². The van der Waals surface area contributed by atoms with E-state index >= 15 is 0 Å². The van der Waals surface area contributed by atoms with Crippen LogP contribution in [0, 0.1) is 0 Å². The van der Waals surface area contributed by atoms with Gasteiger partial charge in [-0.15, -0.1) is 11.3 Å². The summed E-state index contributed by atoms with van der Waals surface area (Å²) in [7, 11) is 0. The van der Waals surface area contributed by atoms with Crippen molar-refractivity contribution in [3.8, 4) is 0 Å². The highest BCUT2D eigenvalue weighted by Gasteiger charge is 2.17. The van der Waals surface area contributed by atoms with Crippen LogP contribution in [0.5, 0.6) is 0 Å². The number of nitrogens with zero attached hydrogens (tertiary/aromatic N) is 3. The zero-order valence-electron chi connectivity index (χ0n) is 10.5. The van der Waals surface area contributed by atoms with Gasteiger partial charge in [-0.05, 0) is 31.7 Å². The van der Waals surface area contributed by atoms with E-state index < -0.39 is 0 Å². The van der Waals surface area contributed by atoms with Crippen LogP contribution in [-0.4, -0.2) is 22.6 Å². The van der Waals surface area contributed by atoms with Crippen LogP contribution >= 0.6 is 11.3 Å². The van der Waals surface area contributed by atoms with E-state index in [0.29, 0.717) is 12.0 Å².